The summed E-state index contributed by atoms with van der Waals surface area (Å²) in [7, 11) is 0. The molecule has 0 saturated heterocycles. The first kappa shape index (κ1) is 66.9. The second-order valence-electron chi connectivity index (χ2n) is 19.9. The van der Waals surface area contributed by atoms with Crippen molar-refractivity contribution in [2.24, 2.45) is 0 Å². The van der Waals surface area contributed by atoms with Crippen molar-refractivity contribution < 1.29 is 28.6 Å². The Bertz CT molecular complexity index is 1310. The van der Waals surface area contributed by atoms with Crippen LogP contribution in [0.4, 0.5) is 0 Å². The molecule has 0 aromatic rings. The molecule has 0 aliphatic carbocycles. The number of allylic oxidation sites excluding steroid dienone is 12. The molecule has 0 aliphatic rings. The summed E-state index contributed by atoms with van der Waals surface area (Å²) >= 11 is 0. The van der Waals surface area contributed by atoms with E-state index in [0.29, 0.717) is 19.3 Å². The predicted molar refractivity (Wildman–Crippen MR) is 302 cm³/mol. The maximum Gasteiger partial charge on any atom is 0.306 e. The average Bonchev–Trinajstić information content (AvgIpc) is 3.36. The van der Waals surface area contributed by atoms with E-state index in [0.717, 1.165) is 64.2 Å². The molecule has 0 aromatic heterocycles. The number of carbonyl (C=O) groups is 3. The van der Waals surface area contributed by atoms with Crippen LogP contribution in [-0.2, 0) is 28.6 Å². The topological polar surface area (TPSA) is 78.9 Å². The average molecular weight is 978 g/mol. The van der Waals surface area contributed by atoms with E-state index in [1.165, 1.54) is 186 Å². The van der Waals surface area contributed by atoms with E-state index < -0.39 is 6.10 Å². The van der Waals surface area contributed by atoms with Crippen molar-refractivity contribution in [3.63, 3.8) is 0 Å². The number of ether oxygens (including phenoxy) is 3. The van der Waals surface area contributed by atoms with Crippen molar-refractivity contribution in [3.05, 3.63) is 72.9 Å². The molecule has 1 atom stereocenters. The fourth-order valence-corrected chi connectivity index (χ4v) is 8.42. The van der Waals surface area contributed by atoms with Crippen molar-refractivity contribution in [2.45, 2.75) is 303 Å². The molecule has 0 N–H and O–H groups in total. The Kier molecular flexibility index (Phi) is 55.8. The van der Waals surface area contributed by atoms with Crippen molar-refractivity contribution in [3.8, 4) is 0 Å². The minimum Gasteiger partial charge on any atom is -0.462 e. The van der Waals surface area contributed by atoms with Crippen LogP contribution in [0.5, 0.6) is 0 Å². The molecule has 0 unspecified atom stereocenters. The quantitative estimate of drug-likeness (QED) is 0.0261. The molecule has 0 rings (SSSR count). The van der Waals surface area contributed by atoms with Crippen LogP contribution in [0.15, 0.2) is 72.9 Å². The van der Waals surface area contributed by atoms with Gasteiger partial charge in [0.15, 0.2) is 6.10 Å². The van der Waals surface area contributed by atoms with Crippen LogP contribution in [0.1, 0.15) is 297 Å². The van der Waals surface area contributed by atoms with E-state index in [9.17, 15) is 14.4 Å². The fraction of sp³-hybridized carbons (Fsp3) is 0.766. The monoisotopic (exact) mass is 977 g/mol. The summed E-state index contributed by atoms with van der Waals surface area (Å²) in [5.74, 6) is -0.976. The number of hydrogen-bond donors (Lipinski definition) is 0. The van der Waals surface area contributed by atoms with Crippen LogP contribution in [0.2, 0.25) is 0 Å². The van der Waals surface area contributed by atoms with Gasteiger partial charge in [-0.1, -0.05) is 267 Å². The molecular formula is C64H112O6. The van der Waals surface area contributed by atoms with Gasteiger partial charge in [-0.05, 0) is 83.5 Å². The van der Waals surface area contributed by atoms with Gasteiger partial charge in [0, 0.05) is 19.3 Å². The summed E-state index contributed by atoms with van der Waals surface area (Å²) in [5.41, 5.74) is 0. The number of esters is 3. The van der Waals surface area contributed by atoms with Crippen LogP contribution in [0.3, 0.4) is 0 Å². The second kappa shape index (κ2) is 58.4. The van der Waals surface area contributed by atoms with Gasteiger partial charge in [0.2, 0.25) is 0 Å². The van der Waals surface area contributed by atoms with Crippen molar-refractivity contribution in [1.82, 2.24) is 0 Å². The molecule has 6 nitrogen and oxygen atoms in total. The van der Waals surface area contributed by atoms with E-state index in [4.69, 9.17) is 14.2 Å². The molecule has 0 aromatic carbocycles. The molecule has 0 aliphatic heterocycles. The molecule has 0 radical (unpaired) electrons. The lowest BCUT2D eigenvalue weighted by Crippen LogP contribution is -2.30. The van der Waals surface area contributed by atoms with Crippen molar-refractivity contribution >= 4 is 17.9 Å². The van der Waals surface area contributed by atoms with E-state index in [1.807, 2.05) is 6.08 Å². The number of unbranched alkanes of at least 4 members (excludes halogenated alkanes) is 31. The third kappa shape index (κ3) is 55.8. The third-order valence-electron chi connectivity index (χ3n) is 12.9. The minimum absolute atomic E-state index is 0.102. The van der Waals surface area contributed by atoms with Gasteiger partial charge in [-0.3, -0.25) is 14.4 Å². The van der Waals surface area contributed by atoms with Crippen molar-refractivity contribution in [1.29, 1.82) is 0 Å². The predicted octanol–water partition coefficient (Wildman–Crippen LogP) is 20.2. The fourth-order valence-electron chi connectivity index (χ4n) is 8.42. The lowest BCUT2D eigenvalue weighted by Gasteiger charge is -2.18. The Balaban J connectivity index is 4.42. The standard InChI is InChI=1S/C64H112O6/c1-4-7-10-13-16-19-22-25-27-29-31-32-34-35-37-39-42-45-48-51-54-57-63(66)69-60-61(59-68-62(65)56-53-50-47-44-41-24-21-18-15-12-9-6-3)70-64(67)58-55-52-49-46-43-40-38-36-33-30-28-26-23-20-17-14-11-8-5-2/h17,20,25-28,33,36,40,43,49,52,61H,4-16,18-19,21-24,29-32,34-35,37-39,41-42,44-48,50-51,53-60H2,1-3H3/b20-17-,27-25-,28-26-,36-33-,43-40-,52-49-/t61-/m0/s1. The molecule has 70 heavy (non-hydrogen) atoms. The number of rotatable bonds is 54. The molecule has 404 valence electrons. The Morgan fingerprint density at radius 3 is 0.900 bits per heavy atom. The third-order valence-corrected chi connectivity index (χ3v) is 12.9. The van der Waals surface area contributed by atoms with Gasteiger partial charge in [0.05, 0.1) is 0 Å². The molecule has 0 bridgehead atoms. The lowest BCUT2D eigenvalue weighted by molar-refractivity contribution is -0.166. The van der Waals surface area contributed by atoms with Crippen LogP contribution in [-0.4, -0.2) is 37.2 Å². The Morgan fingerprint density at radius 2 is 0.543 bits per heavy atom. The molecular weight excluding hydrogens is 865 g/mol. The molecule has 0 spiro atoms. The lowest BCUT2D eigenvalue weighted by atomic mass is 10.0. The maximum atomic E-state index is 12.8. The second-order valence-corrected chi connectivity index (χ2v) is 19.9. The number of hydrogen-bond acceptors (Lipinski definition) is 6. The van der Waals surface area contributed by atoms with Gasteiger partial charge >= 0.3 is 17.9 Å². The van der Waals surface area contributed by atoms with E-state index >= 15 is 0 Å². The van der Waals surface area contributed by atoms with Crippen LogP contribution in [0.25, 0.3) is 0 Å². The van der Waals surface area contributed by atoms with Crippen LogP contribution < -0.4 is 0 Å². The molecule has 0 fully saturated rings. The van der Waals surface area contributed by atoms with E-state index in [-0.39, 0.29) is 37.5 Å². The molecule has 0 amide bonds. The van der Waals surface area contributed by atoms with E-state index in [2.05, 4.69) is 87.6 Å². The van der Waals surface area contributed by atoms with Crippen LogP contribution >= 0.6 is 0 Å². The first-order valence-corrected chi connectivity index (χ1v) is 29.9. The summed E-state index contributed by atoms with van der Waals surface area (Å²) < 4.78 is 16.8. The Hall–Kier alpha value is -3.15. The van der Waals surface area contributed by atoms with Crippen LogP contribution in [0, 0.1) is 0 Å². The normalized spacial score (nSPS) is 12.6. The summed E-state index contributed by atoms with van der Waals surface area (Å²) in [5, 5.41) is 0. The highest BCUT2D eigenvalue weighted by Gasteiger charge is 2.19. The van der Waals surface area contributed by atoms with Gasteiger partial charge < -0.3 is 14.2 Å². The Labute approximate surface area is 433 Å². The summed E-state index contributed by atoms with van der Waals surface area (Å²) in [6, 6.07) is 0. The molecule has 0 saturated carbocycles. The SMILES string of the molecule is CCCCC/C=C\C/C=C\C/C=C\C/C=C\C/C=C\CCC(=O)O[C@@H](COC(=O)CCCCCCCCCCCCCC)COC(=O)CCCCCCCCCCCCC/C=C\CCCCCCCC. The summed E-state index contributed by atoms with van der Waals surface area (Å²) in [4.78, 5) is 38.1. The zero-order valence-corrected chi connectivity index (χ0v) is 46.3. The first-order chi connectivity index (χ1) is 34.5. The highest BCUT2D eigenvalue weighted by Crippen LogP contribution is 2.16. The van der Waals surface area contributed by atoms with E-state index in [1.54, 1.807) is 0 Å². The largest absolute Gasteiger partial charge is 0.462 e. The minimum atomic E-state index is -0.813. The van der Waals surface area contributed by atoms with Gasteiger partial charge in [0.25, 0.3) is 0 Å². The highest BCUT2D eigenvalue weighted by molar-refractivity contribution is 5.71. The smallest absolute Gasteiger partial charge is 0.306 e. The number of carbonyl (C=O) groups excluding carboxylic acids is 3. The Morgan fingerprint density at radius 1 is 0.286 bits per heavy atom. The van der Waals surface area contributed by atoms with Gasteiger partial charge in [-0.2, -0.15) is 0 Å². The zero-order chi connectivity index (χ0) is 50.7. The first-order valence-electron chi connectivity index (χ1n) is 29.9. The summed E-state index contributed by atoms with van der Waals surface area (Å²) in [6.45, 7) is 6.57. The molecule has 6 heteroatoms. The van der Waals surface area contributed by atoms with Gasteiger partial charge in [0.1, 0.15) is 13.2 Å². The maximum absolute atomic E-state index is 12.8. The highest BCUT2D eigenvalue weighted by atomic mass is 16.6. The zero-order valence-electron chi connectivity index (χ0n) is 46.3. The summed E-state index contributed by atoms with van der Waals surface area (Å²) in [6.07, 6.45) is 74.8. The van der Waals surface area contributed by atoms with Gasteiger partial charge in [-0.15, -0.1) is 0 Å². The molecule has 0 heterocycles. The van der Waals surface area contributed by atoms with Crippen molar-refractivity contribution in [2.75, 3.05) is 13.2 Å². The van der Waals surface area contributed by atoms with Gasteiger partial charge in [-0.25, -0.2) is 0 Å².